The number of likely N-dealkylation sites (N-methyl/N-ethyl adjacent to an activating group) is 2. The molecule has 0 aromatic carbocycles. The van der Waals surface area contributed by atoms with Crippen LogP contribution in [0.15, 0.2) is 0 Å². The second-order valence-electron chi connectivity index (χ2n) is 5.44. The quantitative estimate of drug-likeness (QED) is 0.834. The van der Waals surface area contributed by atoms with Crippen molar-refractivity contribution in [3.05, 3.63) is 11.3 Å². The van der Waals surface area contributed by atoms with Gasteiger partial charge in [0, 0.05) is 26.7 Å². The van der Waals surface area contributed by atoms with Gasteiger partial charge in [-0.2, -0.15) is 5.10 Å². The van der Waals surface area contributed by atoms with Crippen molar-refractivity contribution in [2.45, 2.75) is 25.8 Å². The molecule has 1 aliphatic heterocycles. The van der Waals surface area contributed by atoms with Crippen molar-refractivity contribution in [1.29, 1.82) is 0 Å². The molecular weight excluding hydrogens is 258 g/mol. The van der Waals surface area contributed by atoms with E-state index in [1.165, 1.54) is 19.4 Å². The second-order valence-corrected chi connectivity index (χ2v) is 5.88. The van der Waals surface area contributed by atoms with Gasteiger partial charge in [0.05, 0.1) is 11.3 Å². The summed E-state index contributed by atoms with van der Waals surface area (Å²) in [6.07, 6.45) is 2.42. The standard InChI is InChI=1S/C13H23N5S/c1-9-11(12(14)19)13(18(4)15-9)17(3)10-6-5-7-16(2)8-10/h10H,5-8H2,1-4H3,(H2,14,19). The number of nitrogens with two attached hydrogens (primary N) is 1. The summed E-state index contributed by atoms with van der Waals surface area (Å²) in [6, 6.07) is 0.488. The van der Waals surface area contributed by atoms with Gasteiger partial charge >= 0.3 is 0 Å². The Hall–Kier alpha value is -1.14. The third-order valence-corrected chi connectivity index (χ3v) is 4.12. The fourth-order valence-electron chi connectivity index (χ4n) is 2.97. The minimum Gasteiger partial charge on any atom is -0.389 e. The van der Waals surface area contributed by atoms with Gasteiger partial charge in [0.25, 0.3) is 0 Å². The molecule has 106 valence electrons. The van der Waals surface area contributed by atoms with E-state index in [9.17, 15) is 0 Å². The molecule has 1 aromatic heterocycles. The fourth-order valence-corrected chi connectivity index (χ4v) is 3.21. The average molecular weight is 281 g/mol. The second kappa shape index (κ2) is 5.46. The van der Waals surface area contributed by atoms with Crippen LogP contribution in [0.4, 0.5) is 5.82 Å². The van der Waals surface area contributed by atoms with Crippen LogP contribution in [0.3, 0.4) is 0 Å². The Labute approximate surface area is 120 Å². The average Bonchev–Trinajstić information content (AvgIpc) is 2.63. The molecular formula is C13H23N5S. The SMILES string of the molecule is Cc1nn(C)c(N(C)C2CCCN(C)C2)c1C(N)=S. The molecule has 19 heavy (non-hydrogen) atoms. The molecule has 0 bridgehead atoms. The molecule has 1 unspecified atom stereocenters. The highest BCUT2D eigenvalue weighted by Crippen LogP contribution is 2.26. The smallest absolute Gasteiger partial charge is 0.137 e. The summed E-state index contributed by atoms with van der Waals surface area (Å²) in [5.74, 6) is 1.03. The molecule has 0 spiro atoms. The topological polar surface area (TPSA) is 50.3 Å². The molecule has 0 radical (unpaired) electrons. The molecule has 0 amide bonds. The van der Waals surface area contributed by atoms with Crippen molar-refractivity contribution in [2.75, 3.05) is 32.1 Å². The third kappa shape index (κ3) is 2.74. The number of hydrogen-bond acceptors (Lipinski definition) is 4. The lowest BCUT2D eigenvalue weighted by molar-refractivity contribution is 0.247. The molecule has 0 aliphatic carbocycles. The molecule has 1 aliphatic rings. The number of aryl methyl sites for hydroxylation is 2. The first kappa shape index (κ1) is 14.3. The lowest BCUT2D eigenvalue weighted by Crippen LogP contribution is -2.46. The number of aromatic nitrogens is 2. The largest absolute Gasteiger partial charge is 0.389 e. The van der Waals surface area contributed by atoms with E-state index in [2.05, 4.69) is 29.0 Å². The first-order valence-electron chi connectivity index (χ1n) is 6.66. The van der Waals surface area contributed by atoms with Gasteiger partial charge in [0.1, 0.15) is 10.8 Å². The molecule has 5 nitrogen and oxygen atoms in total. The summed E-state index contributed by atoms with van der Waals surface area (Å²) < 4.78 is 1.89. The van der Waals surface area contributed by atoms with Gasteiger partial charge in [-0.3, -0.25) is 4.68 Å². The summed E-state index contributed by atoms with van der Waals surface area (Å²) in [7, 11) is 6.23. The van der Waals surface area contributed by atoms with Crippen LogP contribution in [-0.2, 0) is 7.05 Å². The molecule has 1 saturated heterocycles. The number of nitrogens with zero attached hydrogens (tertiary/aromatic N) is 4. The highest BCUT2D eigenvalue weighted by Gasteiger charge is 2.26. The van der Waals surface area contributed by atoms with Crippen LogP contribution in [0.2, 0.25) is 0 Å². The zero-order valence-corrected chi connectivity index (χ0v) is 13.0. The van der Waals surface area contributed by atoms with Crippen LogP contribution in [0.1, 0.15) is 24.1 Å². The van der Waals surface area contributed by atoms with Crippen molar-refractivity contribution in [2.24, 2.45) is 12.8 Å². The van der Waals surface area contributed by atoms with Gasteiger partial charge in [-0.25, -0.2) is 0 Å². The monoisotopic (exact) mass is 281 g/mol. The van der Waals surface area contributed by atoms with Gasteiger partial charge in [0.15, 0.2) is 0 Å². The predicted molar refractivity (Wildman–Crippen MR) is 82.8 cm³/mol. The summed E-state index contributed by atoms with van der Waals surface area (Å²) in [4.78, 5) is 5.08. The Morgan fingerprint density at radius 2 is 2.16 bits per heavy atom. The molecule has 2 N–H and O–H groups in total. The summed E-state index contributed by atoms with van der Waals surface area (Å²) in [5.41, 5.74) is 7.68. The molecule has 2 heterocycles. The molecule has 6 heteroatoms. The van der Waals surface area contributed by atoms with E-state index in [1.807, 2.05) is 18.7 Å². The minimum absolute atomic E-state index is 0.427. The Morgan fingerprint density at radius 3 is 2.74 bits per heavy atom. The highest BCUT2D eigenvalue weighted by atomic mass is 32.1. The Bertz CT molecular complexity index is 482. The normalized spacial score (nSPS) is 20.5. The van der Waals surface area contributed by atoms with E-state index >= 15 is 0 Å². The maximum Gasteiger partial charge on any atom is 0.137 e. The fraction of sp³-hybridized carbons (Fsp3) is 0.692. The summed E-state index contributed by atoms with van der Waals surface area (Å²) >= 11 is 5.18. The first-order chi connectivity index (χ1) is 8.91. The van der Waals surface area contributed by atoms with Gasteiger partial charge in [-0.05, 0) is 33.4 Å². The van der Waals surface area contributed by atoms with Crippen LogP contribution in [-0.4, -0.2) is 52.9 Å². The van der Waals surface area contributed by atoms with E-state index in [4.69, 9.17) is 18.0 Å². The van der Waals surface area contributed by atoms with Gasteiger partial charge < -0.3 is 15.5 Å². The van der Waals surface area contributed by atoms with Crippen LogP contribution < -0.4 is 10.6 Å². The predicted octanol–water partition coefficient (Wildman–Crippen LogP) is 0.893. The van der Waals surface area contributed by atoms with Crippen molar-refractivity contribution in [3.8, 4) is 0 Å². The van der Waals surface area contributed by atoms with Crippen LogP contribution in [0.5, 0.6) is 0 Å². The molecule has 2 rings (SSSR count). The third-order valence-electron chi connectivity index (χ3n) is 3.92. The molecule has 1 atom stereocenters. The lowest BCUT2D eigenvalue weighted by Gasteiger charge is -2.37. The number of hydrogen-bond donors (Lipinski definition) is 1. The Balaban J connectivity index is 2.32. The number of thiocarbonyl (C=S) groups is 1. The van der Waals surface area contributed by atoms with E-state index in [1.54, 1.807) is 0 Å². The number of rotatable bonds is 3. The van der Waals surface area contributed by atoms with E-state index in [0.717, 1.165) is 23.6 Å². The van der Waals surface area contributed by atoms with Crippen molar-refractivity contribution in [3.63, 3.8) is 0 Å². The number of likely N-dealkylation sites (tertiary alicyclic amines) is 1. The molecule has 1 fully saturated rings. The van der Waals surface area contributed by atoms with Crippen molar-refractivity contribution >= 4 is 23.0 Å². The number of piperidine rings is 1. The van der Waals surface area contributed by atoms with Crippen LogP contribution in [0, 0.1) is 6.92 Å². The first-order valence-corrected chi connectivity index (χ1v) is 7.07. The maximum absolute atomic E-state index is 5.86. The van der Waals surface area contributed by atoms with E-state index < -0.39 is 0 Å². The maximum atomic E-state index is 5.86. The molecule has 0 saturated carbocycles. The Morgan fingerprint density at radius 1 is 1.47 bits per heavy atom. The van der Waals surface area contributed by atoms with Crippen LogP contribution >= 0.6 is 12.2 Å². The highest BCUT2D eigenvalue weighted by molar-refractivity contribution is 7.80. The number of anilines is 1. The minimum atomic E-state index is 0.427. The van der Waals surface area contributed by atoms with E-state index in [0.29, 0.717) is 11.0 Å². The lowest BCUT2D eigenvalue weighted by atomic mass is 10.0. The van der Waals surface area contributed by atoms with Crippen molar-refractivity contribution in [1.82, 2.24) is 14.7 Å². The van der Waals surface area contributed by atoms with Crippen LogP contribution in [0.25, 0.3) is 0 Å². The summed E-state index contributed by atoms with van der Waals surface area (Å²) in [6.45, 7) is 4.20. The van der Waals surface area contributed by atoms with Gasteiger partial charge in [-0.1, -0.05) is 12.2 Å². The van der Waals surface area contributed by atoms with Gasteiger partial charge in [-0.15, -0.1) is 0 Å². The molecule has 1 aromatic rings. The zero-order chi connectivity index (χ0) is 14.2. The van der Waals surface area contributed by atoms with E-state index in [-0.39, 0.29) is 0 Å². The summed E-state index contributed by atoms with van der Waals surface area (Å²) in [5, 5.41) is 4.46. The van der Waals surface area contributed by atoms with Crippen molar-refractivity contribution < 1.29 is 0 Å². The Kier molecular flexibility index (Phi) is 4.10. The zero-order valence-electron chi connectivity index (χ0n) is 12.2. The van der Waals surface area contributed by atoms with Gasteiger partial charge in [0.2, 0.25) is 0 Å².